The van der Waals surface area contributed by atoms with Gasteiger partial charge in [0.25, 0.3) is 0 Å². The summed E-state index contributed by atoms with van der Waals surface area (Å²) in [6, 6.07) is 0. The Morgan fingerprint density at radius 2 is 1.80 bits per heavy atom. The largest absolute Gasteiger partial charge is 0.316 e. The zero-order valence-electron chi connectivity index (χ0n) is 9.90. The van der Waals surface area contributed by atoms with Gasteiger partial charge in [0.1, 0.15) is 6.33 Å². The number of aromatic nitrogens is 2. The highest BCUT2D eigenvalue weighted by molar-refractivity contribution is 5.03. The third-order valence-electron chi connectivity index (χ3n) is 2.24. The van der Waals surface area contributed by atoms with Gasteiger partial charge >= 0.3 is 0 Å². The first-order valence-electron chi connectivity index (χ1n) is 5.63. The summed E-state index contributed by atoms with van der Waals surface area (Å²) >= 11 is 0. The Hall–Kier alpha value is -0.960. The molecule has 0 aliphatic rings. The van der Waals surface area contributed by atoms with Crippen LogP contribution in [0.15, 0.2) is 18.7 Å². The Morgan fingerprint density at radius 3 is 2.40 bits per heavy atom. The van der Waals surface area contributed by atoms with E-state index in [4.69, 9.17) is 0 Å². The van der Waals surface area contributed by atoms with E-state index in [0.29, 0.717) is 5.92 Å². The van der Waals surface area contributed by atoms with Crippen molar-refractivity contribution in [2.75, 3.05) is 13.1 Å². The maximum absolute atomic E-state index is 4.01. The van der Waals surface area contributed by atoms with Crippen LogP contribution < -0.4 is 5.32 Å². The molecule has 1 aromatic rings. The van der Waals surface area contributed by atoms with Crippen molar-refractivity contribution in [2.24, 2.45) is 11.8 Å². The quantitative estimate of drug-likeness (QED) is 0.774. The van der Waals surface area contributed by atoms with E-state index < -0.39 is 0 Å². The number of nitrogens with one attached hydrogen (secondary N) is 1. The molecule has 0 saturated heterocycles. The van der Waals surface area contributed by atoms with Crippen molar-refractivity contribution in [2.45, 2.75) is 27.2 Å². The van der Waals surface area contributed by atoms with Crippen LogP contribution in [0.3, 0.4) is 0 Å². The maximum Gasteiger partial charge on any atom is 0.115 e. The average Bonchev–Trinajstić information content (AvgIpc) is 2.18. The van der Waals surface area contributed by atoms with E-state index in [2.05, 4.69) is 36.1 Å². The Bertz CT molecular complexity index is 259. The molecule has 0 aromatic carbocycles. The van der Waals surface area contributed by atoms with E-state index in [1.807, 2.05) is 12.4 Å². The van der Waals surface area contributed by atoms with Crippen LogP contribution in [0.5, 0.6) is 0 Å². The fourth-order valence-corrected chi connectivity index (χ4v) is 1.53. The molecule has 15 heavy (non-hydrogen) atoms. The van der Waals surface area contributed by atoms with Crippen molar-refractivity contribution in [3.8, 4) is 0 Å². The molecule has 3 heteroatoms. The van der Waals surface area contributed by atoms with Gasteiger partial charge in [-0.05, 0) is 36.9 Å². The lowest BCUT2D eigenvalue weighted by atomic mass is 10.0. The third-order valence-corrected chi connectivity index (χ3v) is 2.24. The van der Waals surface area contributed by atoms with Gasteiger partial charge in [-0.3, -0.25) is 0 Å². The molecule has 1 aromatic heterocycles. The van der Waals surface area contributed by atoms with Gasteiger partial charge in [0.2, 0.25) is 0 Å². The lowest BCUT2D eigenvalue weighted by molar-refractivity contribution is 0.473. The molecule has 0 amide bonds. The molecule has 0 spiro atoms. The van der Waals surface area contributed by atoms with E-state index in [9.17, 15) is 0 Å². The normalized spacial score (nSPS) is 13.1. The molecule has 1 heterocycles. The number of hydrogen-bond acceptors (Lipinski definition) is 3. The lowest BCUT2D eigenvalue weighted by Crippen LogP contribution is -2.26. The van der Waals surface area contributed by atoms with Crippen molar-refractivity contribution in [3.63, 3.8) is 0 Å². The van der Waals surface area contributed by atoms with Gasteiger partial charge in [0.05, 0.1) is 0 Å². The predicted molar refractivity (Wildman–Crippen MR) is 62.6 cm³/mol. The highest BCUT2D eigenvalue weighted by Crippen LogP contribution is 2.04. The molecule has 84 valence electrons. The van der Waals surface area contributed by atoms with Crippen LogP contribution in [0.1, 0.15) is 26.3 Å². The SMILES string of the molecule is CC(C)CNCC(C)Cc1cncnc1. The summed E-state index contributed by atoms with van der Waals surface area (Å²) in [5.41, 5.74) is 1.22. The Morgan fingerprint density at radius 1 is 1.13 bits per heavy atom. The van der Waals surface area contributed by atoms with Crippen LogP contribution in [0, 0.1) is 11.8 Å². The van der Waals surface area contributed by atoms with Crippen molar-refractivity contribution < 1.29 is 0 Å². The Labute approximate surface area is 92.3 Å². The van der Waals surface area contributed by atoms with E-state index in [0.717, 1.165) is 25.4 Å². The van der Waals surface area contributed by atoms with Gasteiger partial charge in [-0.15, -0.1) is 0 Å². The van der Waals surface area contributed by atoms with Crippen LogP contribution in [0.25, 0.3) is 0 Å². The lowest BCUT2D eigenvalue weighted by Gasteiger charge is -2.13. The molecule has 1 rings (SSSR count). The van der Waals surface area contributed by atoms with Crippen LogP contribution in [0.2, 0.25) is 0 Å². The highest BCUT2D eigenvalue weighted by atomic mass is 14.9. The van der Waals surface area contributed by atoms with Gasteiger partial charge in [0.15, 0.2) is 0 Å². The summed E-state index contributed by atoms with van der Waals surface area (Å²) < 4.78 is 0. The van der Waals surface area contributed by atoms with E-state index >= 15 is 0 Å². The average molecular weight is 207 g/mol. The minimum absolute atomic E-state index is 0.634. The molecule has 0 radical (unpaired) electrons. The smallest absolute Gasteiger partial charge is 0.115 e. The van der Waals surface area contributed by atoms with Gasteiger partial charge < -0.3 is 5.32 Å². The molecule has 3 nitrogen and oxygen atoms in total. The minimum atomic E-state index is 0.634. The topological polar surface area (TPSA) is 37.8 Å². The van der Waals surface area contributed by atoms with E-state index in [1.54, 1.807) is 6.33 Å². The number of rotatable bonds is 6. The summed E-state index contributed by atoms with van der Waals surface area (Å²) in [7, 11) is 0. The first kappa shape index (κ1) is 12.1. The third kappa shape index (κ3) is 5.47. The van der Waals surface area contributed by atoms with Crippen molar-refractivity contribution in [3.05, 3.63) is 24.3 Å². The van der Waals surface area contributed by atoms with E-state index in [1.165, 1.54) is 5.56 Å². The Kier molecular flexibility index (Phi) is 5.26. The van der Waals surface area contributed by atoms with Crippen LogP contribution in [-0.4, -0.2) is 23.1 Å². The van der Waals surface area contributed by atoms with Gasteiger partial charge in [-0.25, -0.2) is 9.97 Å². The van der Waals surface area contributed by atoms with E-state index in [-0.39, 0.29) is 0 Å². The molecular weight excluding hydrogens is 186 g/mol. The Balaban J connectivity index is 2.21. The summed E-state index contributed by atoms with van der Waals surface area (Å²) in [6.45, 7) is 8.86. The monoisotopic (exact) mass is 207 g/mol. The second kappa shape index (κ2) is 6.51. The zero-order chi connectivity index (χ0) is 11.1. The van der Waals surface area contributed by atoms with Gasteiger partial charge in [-0.1, -0.05) is 20.8 Å². The molecule has 0 aliphatic carbocycles. The standard InChI is InChI=1S/C12H21N3/c1-10(2)5-13-6-11(3)4-12-7-14-9-15-8-12/h7-11,13H,4-6H2,1-3H3. The molecule has 1 unspecified atom stereocenters. The van der Waals surface area contributed by atoms with Crippen LogP contribution in [0.4, 0.5) is 0 Å². The first-order chi connectivity index (χ1) is 7.18. The molecule has 0 bridgehead atoms. The number of hydrogen-bond donors (Lipinski definition) is 1. The summed E-state index contributed by atoms with van der Waals surface area (Å²) in [4.78, 5) is 8.03. The summed E-state index contributed by atoms with van der Waals surface area (Å²) in [6.07, 6.45) is 6.41. The van der Waals surface area contributed by atoms with Crippen molar-refractivity contribution in [1.29, 1.82) is 0 Å². The fourth-order valence-electron chi connectivity index (χ4n) is 1.53. The molecule has 1 atom stereocenters. The zero-order valence-corrected chi connectivity index (χ0v) is 9.90. The minimum Gasteiger partial charge on any atom is -0.316 e. The second-order valence-electron chi connectivity index (χ2n) is 4.61. The first-order valence-corrected chi connectivity index (χ1v) is 5.63. The summed E-state index contributed by atoms with van der Waals surface area (Å²) in [5, 5.41) is 3.46. The fraction of sp³-hybridized carbons (Fsp3) is 0.667. The molecule has 1 N–H and O–H groups in total. The van der Waals surface area contributed by atoms with Crippen LogP contribution in [-0.2, 0) is 6.42 Å². The highest BCUT2D eigenvalue weighted by Gasteiger charge is 2.04. The molecule has 0 aliphatic heterocycles. The molecular formula is C12H21N3. The maximum atomic E-state index is 4.01. The molecule has 0 fully saturated rings. The second-order valence-corrected chi connectivity index (χ2v) is 4.61. The van der Waals surface area contributed by atoms with Gasteiger partial charge in [0, 0.05) is 12.4 Å². The van der Waals surface area contributed by atoms with Crippen molar-refractivity contribution >= 4 is 0 Å². The number of nitrogens with zero attached hydrogens (tertiary/aromatic N) is 2. The summed E-state index contributed by atoms with van der Waals surface area (Å²) in [5.74, 6) is 1.35. The molecule has 0 saturated carbocycles. The van der Waals surface area contributed by atoms with Gasteiger partial charge in [-0.2, -0.15) is 0 Å². The predicted octanol–water partition coefficient (Wildman–Crippen LogP) is 1.90. The van der Waals surface area contributed by atoms with Crippen LogP contribution >= 0.6 is 0 Å². The van der Waals surface area contributed by atoms with Crippen molar-refractivity contribution in [1.82, 2.24) is 15.3 Å².